The number of carbonyl (C=O) groups excluding carboxylic acids is 4. The van der Waals surface area contributed by atoms with Crippen molar-refractivity contribution in [1.29, 1.82) is 0 Å². The third-order valence-corrected chi connectivity index (χ3v) is 6.28. The van der Waals surface area contributed by atoms with E-state index in [9.17, 15) is 23.6 Å². The van der Waals surface area contributed by atoms with E-state index in [0.717, 1.165) is 0 Å². The summed E-state index contributed by atoms with van der Waals surface area (Å²) in [4.78, 5) is 51.7. The zero-order chi connectivity index (χ0) is 24.5. The molecular weight excluding hydrogens is 449 g/mol. The van der Waals surface area contributed by atoms with Crippen LogP contribution in [0.1, 0.15) is 25.3 Å². The fraction of sp³-hybridized carbons (Fsp3) is 0.545. The number of nitrogens with one attached hydrogen (secondary N) is 2. The van der Waals surface area contributed by atoms with Crippen molar-refractivity contribution in [1.82, 2.24) is 15.5 Å². The molecule has 1 aromatic rings. The highest BCUT2D eigenvalue weighted by molar-refractivity contribution is 7.99. The van der Waals surface area contributed by atoms with Gasteiger partial charge in [-0.3, -0.25) is 19.2 Å². The number of nitrogens with two attached hydrogens (primary N) is 2. The van der Waals surface area contributed by atoms with Gasteiger partial charge < -0.3 is 26.6 Å². The third-order valence-electron chi connectivity index (χ3n) is 5.73. The molecule has 33 heavy (non-hydrogen) atoms. The first-order valence-electron chi connectivity index (χ1n) is 10.9. The molecule has 0 spiro atoms. The number of hydrogen-bond donors (Lipinski definition) is 4. The molecule has 4 amide bonds. The molecule has 0 radical (unpaired) electrons. The van der Waals surface area contributed by atoms with E-state index in [1.807, 2.05) is 6.26 Å². The van der Waals surface area contributed by atoms with Crippen molar-refractivity contribution in [2.45, 2.75) is 50.4 Å². The molecule has 182 valence electrons. The Bertz CT molecular complexity index is 854. The molecule has 0 saturated carbocycles. The SMILES string of the molecule is C[NH2+][C@@H](C)C(=O)N1CC[C@H](NC(=O)CSC)C[C@H]1C(=O)N[C@@H](Cc1ccc(F)cc1)C(N)=O. The van der Waals surface area contributed by atoms with E-state index in [-0.39, 0.29) is 36.7 Å². The minimum atomic E-state index is -1.03. The summed E-state index contributed by atoms with van der Waals surface area (Å²) in [6, 6.07) is 3.03. The molecule has 1 fully saturated rings. The average Bonchev–Trinajstić information content (AvgIpc) is 2.78. The Hall–Kier alpha value is -2.66. The van der Waals surface area contributed by atoms with Crippen LogP contribution < -0.4 is 21.7 Å². The fourth-order valence-corrected chi connectivity index (χ4v) is 4.11. The first kappa shape index (κ1) is 26.6. The number of quaternary nitrogens is 1. The minimum absolute atomic E-state index is 0.0923. The maximum atomic E-state index is 13.2. The Morgan fingerprint density at radius 3 is 2.52 bits per heavy atom. The molecule has 11 heteroatoms. The topological polar surface area (TPSA) is 138 Å². The maximum Gasteiger partial charge on any atom is 0.281 e. The van der Waals surface area contributed by atoms with E-state index in [1.165, 1.54) is 40.9 Å². The van der Waals surface area contributed by atoms with Gasteiger partial charge in [0, 0.05) is 19.0 Å². The van der Waals surface area contributed by atoms with Gasteiger partial charge in [-0.25, -0.2) is 4.39 Å². The number of primary amides is 1. The average molecular weight is 483 g/mol. The Kier molecular flexibility index (Phi) is 10.1. The standard InChI is InChI=1S/C22H32FN5O4S/c1-13(25-2)22(32)28-9-8-16(26-19(29)12-33-3)11-18(28)21(31)27-17(20(24)30)10-14-4-6-15(23)7-5-14/h4-7,13,16-18,25H,8-12H2,1-3H3,(H2,24,30)(H,26,29)(H,27,31)/p+1/t13-,16-,17-,18-/m0/s1. The lowest BCUT2D eigenvalue weighted by Crippen LogP contribution is -2.88. The second kappa shape index (κ2) is 12.5. The summed E-state index contributed by atoms with van der Waals surface area (Å²) in [5, 5.41) is 7.33. The van der Waals surface area contributed by atoms with Crippen LogP contribution in [0.3, 0.4) is 0 Å². The van der Waals surface area contributed by atoms with Crippen LogP contribution in [0.15, 0.2) is 24.3 Å². The highest BCUT2D eigenvalue weighted by Gasteiger charge is 2.39. The van der Waals surface area contributed by atoms with Gasteiger partial charge in [0.15, 0.2) is 6.04 Å². The third kappa shape index (κ3) is 7.71. The molecule has 1 saturated heterocycles. The molecule has 1 aliphatic rings. The molecular formula is C22H33FN5O4S+. The Labute approximate surface area is 197 Å². The zero-order valence-corrected chi connectivity index (χ0v) is 20.0. The van der Waals surface area contributed by atoms with Gasteiger partial charge in [0.1, 0.15) is 17.9 Å². The summed E-state index contributed by atoms with van der Waals surface area (Å²) in [6.45, 7) is 2.06. The quantitative estimate of drug-likeness (QED) is 0.330. The maximum absolute atomic E-state index is 13.2. The number of halogens is 1. The van der Waals surface area contributed by atoms with Crippen LogP contribution in [0.4, 0.5) is 4.39 Å². The molecule has 1 aliphatic heterocycles. The number of carbonyl (C=O) groups is 4. The minimum Gasteiger partial charge on any atom is -0.368 e. The van der Waals surface area contributed by atoms with Crippen molar-refractivity contribution in [3.05, 3.63) is 35.6 Å². The van der Waals surface area contributed by atoms with E-state index in [4.69, 9.17) is 5.73 Å². The molecule has 0 bridgehead atoms. The first-order valence-corrected chi connectivity index (χ1v) is 12.3. The normalized spacial score (nSPS) is 19.9. The lowest BCUT2D eigenvalue weighted by molar-refractivity contribution is -0.647. The molecule has 1 aromatic carbocycles. The van der Waals surface area contributed by atoms with Gasteiger partial charge >= 0.3 is 0 Å². The number of hydrogen-bond acceptors (Lipinski definition) is 5. The predicted octanol–water partition coefficient (Wildman–Crippen LogP) is -1.24. The Balaban J connectivity index is 2.18. The van der Waals surface area contributed by atoms with Crippen LogP contribution in [-0.2, 0) is 25.6 Å². The number of likely N-dealkylation sites (tertiary alicyclic amines) is 1. The van der Waals surface area contributed by atoms with Crippen molar-refractivity contribution in [3.63, 3.8) is 0 Å². The van der Waals surface area contributed by atoms with Gasteiger partial charge in [-0.1, -0.05) is 12.1 Å². The summed E-state index contributed by atoms with van der Waals surface area (Å²) in [5.41, 5.74) is 6.14. The largest absolute Gasteiger partial charge is 0.368 e. The second-order valence-corrected chi connectivity index (χ2v) is 9.05. The molecule has 0 unspecified atom stereocenters. The number of benzene rings is 1. The lowest BCUT2D eigenvalue weighted by Gasteiger charge is -2.39. The smallest absolute Gasteiger partial charge is 0.281 e. The van der Waals surface area contributed by atoms with Crippen LogP contribution in [-0.4, -0.2) is 78.3 Å². The van der Waals surface area contributed by atoms with E-state index in [1.54, 1.807) is 19.3 Å². The monoisotopic (exact) mass is 482 g/mol. The summed E-state index contributed by atoms with van der Waals surface area (Å²) >= 11 is 1.40. The van der Waals surface area contributed by atoms with E-state index in [0.29, 0.717) is 24.3 Å². The van der Waals surface area contributed by atoms with Gasteiger partial charge in [0.2, 0.25) is 17.7 Å². The van der Waals surface area contributed by atoms with Crippen molar-refractivity contribution < 1.29 is 28.9 Å². The molecule has 9 nitrogen and oxygen atoms in total. The van der Waals surface area contributed by atoms with Gasteiger partial charge in [-0.05, 0) is 43.7 Å². The van der Waals surface area contributed by atoms with Crippen molar-refractivity contribution in [2.24, 2.45) is 5.73 Å². The van der Waals surface area contributed by atoms with E-state index in [2.05, 4.69) is 10.6 Å². The molecule has 2 rings (SSSR count). The highest BCUT2D eigenvalue weighted by atomic mass is 32.2. The predicted molar refractivity (Wildman–Crippen MR) is 124 cm³/mol. The fourth-order valence-electron chi connectivity index (χ4n) is 3.76. The van der Waals surface area contributed by atoms with Crippen molar-refractivity contribution in [3.8, 4) is 0 Å². The summed E-state index contributed by atoms with van der Waals surface area (Å²) in [6.07, 6.45) is 2.68. The van der Waals surface area contributed by atoms with Crippen LogP contribution in [0, 0.1) is 5.82 Å². The van der Waals surface area contributed by atoms with Gasteiger partial charge in [0.05, 0.1) is 12.8 Å². The number of likely N-dealkylation sites (N-methyl/N-ethyl adjacent to an activating group) is 1. The van der Waals surface area contributed by atoms with Crippen LogP contribution in [0.2, 0.25) is 0 Å². The number of thioether (sulfide) groups is 1. The van der Waals surface area contributed by atoms with Crippen LogP contribution >= 0.6 is 11.8 Å². The van der Waals surface area contributed by atoms with Crippen LogP contribution in [0.25, 0.3) is 0 Å². The van der Waals surface area contributed by atoms with Gasteiger partial charge in [-0.15, -0.1) is 0 Å². The summed E-state index contributed by atoms with van der Waals surface area (Å²) < 4.78 is 13.2. The number of piperidine rings is 1. The summed E-state index contributed by atoms with van der Waals surface area (Å²) in [5.74, 6) is -1.68. The van der Waals surface area contributed by atoms with E-state index < -0.39 is 29.7 Å². The van der Waals surface area contributed by atoms with E-state index >= 15 is 0 Å². The van der Waals surface area contributed by atoms with Gasteiger partial charge in [0.25, 0.3) is 5.91 Å². The van der Waals surface area contributed by atoms with Crippen molar-refractivity contribution in [2.75, 3.05) is 25.6 Å². The highest BCUT2D eigenvalue weighted by Crippen LogP contribution is 2.20. The molecule has 0 aliphatic carbocycles. The van der Waals surface area contributed by atoms with Crippen molar-refractivity contribution >= 4 is 35.4 Å². The first-order chi connectivity index (χ1) is 15.7. The van der Waals surface area contributed by atoms with Gasteiger partial charge in [-0.2, -0.15) is 11.8 Å². The van der Waals surface area contributed by atoms with Crippen LogP contribution in [0.5, 0.6) is 0 Å². The molecule has 1 heterocycles. The number of nitrogens with zero attached hydrogens (tertiary/aromatic N) is 1. The number of amides is 4. The Morgan fingerprint density at radius 2 is 1.94 bits per heavy atom. The second-order valence-electron chi connectivity index (χ2n) is 8.19. The molecule has 0 aromatic heterocycles. The lowest BCUT2D eigenvalue weighted by atomic mass is 9.94. The zero-order valence-electron chi connectivity index (χ0n) is 19.2. The molecule has 4 atom stereocenters. The number of rotatable bonds is 10. The summed E-state index contributed by atoms with van der Waals surface area (Å²) in [7, 11) is 1.78. The molecule has 6 N–H and O–H groups in total. The Morgan fingerprint density at radius 1 is 1.27 bits per heavy atom.